The number of amides is 2. The van der Waals surface area contributed by atoms with E-state index < -0.39 is 0 Å². The van der Waals surface area contributed by atoms with Crippen molar-refractivity contribution in [1.82, 2.24) is 15.2 Å². The largest absolute Gasteiger partial charge is 0.494 e. The Hall–Kier alpha value is -3.69. The van der Waals surface area contributed by atoms with Crippen LogP contribution in [0.3, 0.4) is 0 Å². The van der Waals surface area contributed by atoms with E-state index in [2.05, 4.69) is 23.6 Å². The van der Waals surface area contributed by atoms with Crippen LogP contribution in [0.25, 0.3) is 17.0 Å². The average Bonchev–Trinajstić information content (AvgIpc) is 3.36. The van der Waals surface area contributed by atoms with Crippen LogP contribution in [0.4, 0.5) is 5.69 Å². The highest BCUT2D eigenvalue weighted by Crippen LogP contribution is 2.29. The van der Waals surface area contributed by atoms with Gasteiger partial charge in [-0.3, -0.25) is 14.5 Å². The quantitative estimate of drug-likeness (QED) is 0.248. The molecule has 8 nitrogen and oxygen atoms in total. The highest BCUT2D eigenvalue weighted by Gasteiger charge is 2.32. The molecule has 9 heteroatoms. The zero-order chi connectivity index (χ0) is 25.7. The lowest BCUT2D eigenvalue weighted by Crippen LogP contribution is -2.30. The third-order valence-corrected chi connectivity index (χ3v) is 6.20. The zero-order valence-electron chi connectivity index (χ0n) is 20.7. The van der Waals surface area contributed by atoms with Gasteiger partial charge in [0, 0.05) is 30.8 Å². The molecule has 0 bridgehead atoms. The Kier molecular flexibility index (Phi) is 8.02. The van der Waals surface area contributed by atoms with Crippen LogP contribution in [-0.2, 0) is 27.3 Å². The fraction of sp³-hybridized carbons (Fsp3) is 0.296. The average molecular weight is 507 g/mol. The molecule has 0 saturated carbocycles. The summed E-state index contributed by atoms with van der Waals surface area (Å²) < 4.78 is 12.4. The molecular formula is C27H30N4O4S. The third kappa shape index (κ3) is 5.27. The van der Waals surface area contributed by atoms with Crippen LogP contribution in [0, 0.1) is 0 Å². The van der Waals surface area contributed by atoms with E-state index >= 15 is 0 Å². The summed E-state index contributed by atoms with van der Waals surface area (Å²) in [5, 5.41) is 7.19. The molecule has 0 radical (unpaired) electrons. The van der Waals surface area contributed by atoms with Gasteiger partial charge in [-0.2, -0.15) is 0 Å². The summed E-state index contributed by atoms with van der Waals surface area (Å²) in [7, 11) is 1.60. The highest BCUT2D eigenvalue weighted by atomic mass is 32.1. The minimum atomic E-state index is -0.242. The Morgan fingerprint density at radius 1 is 1.17 bits per heavy atom. The smallest absolute Gasteiger partial charge is 0.281 e. The van der Waals surface area contributed by atoms with E-state index in [4.69, 9.17) is 21.7 Å². The van der Waals surface area contributed by atoms with E-state index in [1.165, 1.54) is 4.90 Å². The molecule has 188 valence electrons. The molecule has 1 aromatic heterocycles. The van der Waals surface area contributed by atoms with E-state index in [0.29, 0.717) is 36.3 Å². The summed E-state index contributed by atoms with van der Waals surface area (Å²) in [4.78, 5) is 27.3. The maximum atomic E-state index is 13.3. The first kappa shape index (κ1) is 25.4. The number of nitrogens with one attached hydrogen (secondary N) is 2. The maximum absolute atomic E-state index is 13.3. The monoisotopic (exact) mass is 506 g/mol. The minimum absolute atomic E-state index is 0.105. The number of methoxy groups -OCH3 is 1. The van der Waals surface area contributed by atoms with Crippen molar-refractivity contribution in [2.24, 2.45) is 0 Å². The standard InChI is InChI=1S/C27H30N4O4S/c1-4-18-7-6-8-22-19(16-30(25(18)22)17-24(32)28-13-14-34-3)15-23-26(33)31(27(36)29-23)20-9-11-21(12-10-20)35-5-2/h6-12,15-16H,4-5,13-14,17H2,1-3H3,(H,28,32)(H,29,36)/b23-15-. The third-order valence-electron chi connectivity index (χ3n) is 5.92. The lowest BCUT2D eigenvalue weighted by molar-refractivity contribution is -0.121. The first-order chi connectivity index (χ1) is 17.5. The van der Waals surface area contributed by atoms with Gasteiger partial charge in [0.2, 0.25) is 5.91 Å². The summed E-state index contributed by atoms with van der Waals surface area (Å²) in [6.07, 6.45) is 4.52. The van der Waals surface area contributed by atoms with E-state index in [9.17, 15) is 9.59 Å². The molecule has 0 spiro atoms. The Bertz CT molecular complexity index is 1310. The molecule has 1 fully saturated rings. The van der Waals surface area contributed by atoms with Crippen LogP contribution < -0.4 is 20.3 Å². The number of carbonyl (C=O) groups is 2. The van der Waals surface area contributed by atoms with Crippen molar-refractivity contribution >= 4 is 51.8 Å². The lowest BCUT2D eigenvalue weighted by atomic mass is 10.1. The first-order valence-corrected chi connectivity index (χ1v) is 12.3. The van der Waals surface area contributed by atoms with Crippen LogP contribution >= 0.6 is 12.2 Å². The second kappa shape index (κ2) is 11.4. The number of carbonyl (C=O) groups excluding carboxylic acids is 2. The van der Waals surface area contributed by atoms with Crippen molar-refractivity contribution in [3.05, 3.63) is 65.5 Å². The lowest BCUT2D eigenvalue weighted by Gasteiger charge is -2.14. The van der Waals surface area contributed by atoms with Gasteiger partial charge in [-0.15, -0.1) is 0 Å². The van der Waals surface area contributed by atoms with Crippen LogP contribution in [0.2, 0.25) is 0 Å². The number of para-hydroxylation sites is 1. The first-order valence-electron chi connectivity index (χ1n) is 11.9. The number of aryl methyl sites for hydroxylation is 1. The number of nitrogens with zero attached hydrogens (tertiary/aromatic N) is 2. The molecule has 0 unspecified atom stereocenters. The maximum Gasteiger partial charge on any atom is 0.281 e. The zero-order valence-corrected chi connectivity index (χ0v) is 21.5. The Labute approximate surface area is 215 Å². The molecule has 3 aromatic rings. The number of benzene rings is 2. The molecule has 2 heterocycles. The van der Waals surface area contributed by atoms with Gasteiger partial charge in [0.05, 0.1) is 24.4 Å². The minimum Gasteiger partial charge on any atom is -0.494 e. The number of hydrogen-bond acceptors (Lipinski definition) is 5. The predicted molar refractivity (Wildman–Crippen MR) is 145 cm³/mol. The van der Waals surface area contributed by atoms with Crippen molar-refractivity contribution in [3.63, 3.8) is 0 Å². The van der Waals surface area contributed by atoms with Crippen LogP contribution in [0.5, 0.6) is 5.75 Å². The predicted octanol–water partition coefficient (Wildman–Crippen LogP) is 3.63. The summed E-state index contributed by atoms with van der Waals surface area (Å²) in [5.74, 6) is 0.384. The summed E-state index contributed by atoms with van der Waals surface area (Å²) in [5.41, 5.74) is 3.97. The van der Waals surface area contributed by atoms with Gasteiger partial charge in [-0.25, -0.2) is 0 Å². The number of anilines is 1. The second-order valence-corrected chi connectivity index (χ2v) is 8.66. The molecule has 1 saturated heterocycles. The van der Waals surface area contributed by atoms with E-state index in [1.54, 1.807) is 25.3 Å². The number of thiocarbonyl (C=S) groups is 1. The Balaban J connectivity index is 1.65. The van der Waals surface area contributed by atoms with Crippen molar-refractivity contribution in [3.8, 4) is 5.75 Å². The SMILES string of the molecule is CCOc1ccc(N2C(=O)/C(=C/c3cn(CC(=O)NCCOC)c4c(CC)cccc34)NC2=S)cc1. The number of rotatable bonds is 10. The molecule has 4 rings (SSSR count). The highest BCUT2D eigenvalue weighted by molar-refractivity contribution is 7.80. The molecule has 0 atom stereocenters. The van der Waals surface area contributed by atoms with Crippen molar-refractivity contribution in [2.45, 2.75) is 26.8 Å². The number of fused-ring (bicyclic) bond motifs is 1. The number of aromatic nitrogens is 1. The molecule has 0 aliphatic carbocycles. The Morgan fingerprint density at radius 2 is 1.94 bits per heavy atom. The number of hydrogen-bond donors (Lipinski definition) is 2. The van der Waals surface area contributed by atoms with Crippen LogP contribution in [-0.4, -0.2) is 48.4 Å². The normalized spacial score (nSPS) is 14.5. The van der Waals surface area contributed by atoms with E-state index in [0.717, 1.165) is 34.2 Å². The van der Waals surface area contributed by atoms with Gasteiger partial charge < -0.3 is 24.7 Å². The second-order valence-electron chi connectivity index (χ2n) is 8.28. The summed E-state index contributed by atoms with van der Waals surface area (Å²) in [6.45, 7) is 5.63. The van der Waals surface area contributed by atoms with Crippen LogP contribution in [0.15, 0.2) is 54.4 Å². The molecule has 1 aliphatic heterocycles. The molecule has 36 heavy (non-hydrogen) atoms. The van der Waals surface area contributed by atoms with Crippen molar-refractivity contribution in [1.29, 1.82) is 0 Å². The molecule has 2 amide bonds. The van der Waals surface area contributed by atoms with Gasteiger partial charge in [0.15, 0.2) is 5.11 Å². The number of ether oxygens (including phenoxy) is 2. The fourth-order valence-electron chi connectivity index (χ4n) is 4.28. The van der Waals surface area contributed by atoms with Gasteiger partial charge in [0.25, 0.3) is 5.91 Å². The van der Waals surface area contributed by atoms with Crippen molar-refractivity contribution < 1.29 is 19.1 Å². The molecule has 1 aliphatic rings. The fourth-order valence-corrected chi connectivity index (χ4v) is 4.58. The molecule has 2 N–H and O–H groups in total. The summed E-state index contributed by atoms with van der Waals surface area (Å²) in [6, 6.07) is 13.3. The van der Waals surface area contributed by atoms with Crippen molar-refractivity contribution in [2.75, 3.05) is 31.8 Å². The van der Waals surface area contributed by atoms with E-state index in [-0.39, 0.29) is 18.4 Å². The van der Waals surface area contributed by atoms with Gasteiger partial charge in [-0.05, 0) is 61.5 Å². The van der Waals surface area contributed by atoms with E-state index in [1.807, 2.05) is 42.0 Å². The topological polar surface area (TPSA) is 84.8 Å². The molecule has 2 aromatic carbocycles. The molecular weight excluding hydrogens is 476 g/mol. The summed E-state index contributed by atoms with van der Waals surface area (Å²) >= 11 is 5.48. The van der Waals surface area contributed by atoms with Gasteiger partial charge in [0.1, 0.15) is 18.0 Å². The van der Waals surface area contributed by atoms with Crippen LogP contribution in [0.1, 0.15) is 25.0 Å². The van der Waals surface area contributed by atoms with Gasteiger partial charge in [-0.1, -0.05) is 25.1 Å². The van der Waals surface area contributed by atoms with Gasteiger partial charge >= 0.3 is 0 Å². The Morgan fingerprint density at radius 3 is 2.64 bits per heavy atom.